The van der Waals surface area contributed by atoms with Crippen molar-refractivity contribution in [1.82, 2.24) is 0 Å². The Kier molecular flexibility index (Phi) is 1.93. The first-order valence-electron chi connectivity index (χ1n) is 4.59. The molecule has 2 rings (SSSR count). The van der Waals surface area contributed by atoms with Crippen molar-refractivity contribution in [1.29, 1.82) is 0 Å². The van der Waals surface area contributed by atoms with Crippen LogP contribution in [-0.2, 0) is 9.53 Å². The number of rotatable bonds is 3. The third-order valence-corrected chi connectivity index (χ3v) is 2.80. The van der Waals surface area contributed by atoms with Crippen LogP contribution in [0.4, 0.5) is 0 Å². The van der Waals surface area contributed by atoms with Gasteiger partial charge in [-0.1, -0.05) is 0 Å². The van der Waals surface area contributed by atoms with Gasteiger partial charge in [-0.15, -0.1) is 0 Å². The van der Waals surface area contributed by atoms with E-state index in [2.05, 4.69) is 0 Å². The summed E-state index contributed by atoms with van der Waals surface area (Å²) in [7, 11) is 0. The van der Waals surface area contributed by atoms with Gasteiger partial charge in [0, 0.05) is 24.5 Å². The number of nitrogens with two attached hydrogens (primary N) is 1. The van der Waals surface area contributed by atoms with E-state index in [1.165, 1.54) is 0 Å². The van der Waals surface area contributed by atoms with E-state index in [4.69, 9.17) is 10.5 Å². The topological polar surface area (TPSA) is 52.3 Å². The summed E-state index contributed by atoms with van der Waals surface area (Å²) in [6.45, 7) is 1.36. The van der Waals surface area contributed by atoms with Crippen molar-refractivity contribution < 1.29 is 9.53 Å². The Bertz CT molecular complexity index is 193. The van der Waals surface area contributed by atoms with Crippen molar-refractivity contribution in [3.63, 3.8) is 0 Å². The molecular formula is C9H15NO2. The molecule has 0 bridgehead atoms. The Morgan fingerprint density at radius 2 is 2.33 bits per heavy atom. The predicted octanol–water partition coefficient (Wildman–Crippen LogP) is 0.473. The minimum absolute atomic E-state index is 0.125. The van der Waals surface area contributed by atoms with Gasteiger partial charge in [-0.25, -0.2) is 0 Å². The molecule has 0 spiro atoms. The molecule has 0 aromatic rings. The van der Waals surface area contributed by atoms with Gasteiger partial charge in [0.15, 0.2) is 0 Å². The molecule has 1 unspecified atom stereocenters. The summed E-state index contributed by atoms with van der Waals surface area (Å²) < 4.78 is 5.15. The predicted molar refractivity (Wildman–Crippen MR) is 44.7 cm³/mol. The minimum Gasteiger partial charge on any atom is -0.381 e. The van der Waals surface area contributed by atoms with Gasteiger partial charge in [-0.2, -0.15) is 0 Å². The van der Waals surface area contributed by atoms with E-state index in [1.807, 2.05) is 0 Å². The molecule has 2 fully saturated rings. The van der Waals surface area contributed by atoms with E-state index in [9.17, 15) is 4.79 Å². The van der Waals surface area contributed by atoms with Crippen LogP contribution in [0.3, 0.4) is 0 Å². The summed E-state index contributed by atoms with van der Waals surface area (Å²) in [6.07, 6.45) is 3.51. The normalized spacial score (nSPS) is 31.9. The van der Waals surface area contributed by atoms with E-state index in [1.54, 1.807) is 0 Å². The zero-order valence-corrected chi connectivity index (χ0v) is 7.21. The maximum Gasteiger partial charge on any atom is 0.140 e. The molecule has 0 aromatic carbocycles. The Morgan fingerprint density at radius 3 is 2.83 bits per heavy atom. The molecule has 1 saturated heterocycles. The van der Waals surface area contributed by atoms with E-state index < -0.39 is 0 Å². The van der Waals surface area contributed by atoms with Crippen LogP contribution in [0.5, 0.6) is 0 Å². The highest BCUT2D eigenvalue weighted by Gasteiger charge is 2.41. The fraction of sp³-hybridized carbons (Fsp3) is 0.889. The van der Waals surface area contributed by atoms with E-state index in [-0.39, 0.29) is 11.5 Å². The maximum absolute atomic E-state index is 11.5. The second kappa shape index (κ2) is 2.82. The van der Waals surface area contributed by atoms with Gasteiger partial charge in [0.2, 0.25) is 0 Å². The zero-order valence-electron chi connectivity index (χ0n) is 7.21. The molecule has 1 heterocycles. The monoisotopic (exact) mass is 169 g/mol. The molecule has 68 valence electrons. The number of ether oxygens (including phenoxy) is 1. The van der Waals surface area contributed by atoms with Crippen molar-refractivity contribution >= 4 is 5.78 Å². The highest BCUT2D eigenvalue weighted by atomic mass is 16.5. The van der Waals surface area contributed by atoms with Crippen LogP contribution in [0.25, 0.3) is 0 Å². The summed E-state index contributed by atoms with van der Waals surface area (Å²) in [5.41, 5.74) is 5.73. The summed E-state index contributed by atoms with van der Waals surface area (Å²) in [4.78, 5) is 11.5. The molecular weight excluding hydrogens is 154 g/mol. The molecule has 3 nitrogen and oxygen atoms in total. The fourth-order valence-corrected chi connectivity index (χ4v) is 1.62. The summed E-state index contributed by atoms with van der Waals surface area (Å²) in [5.74, 6) is 0.457. The Hall–Kier alpha value is -0.410. The van der Waals surface area contributed by atoms with Crippen molar-refractivity contribution in [2.75, 3.05) is 13.2 Å². The SMILES string of the molecule is NC1(CC(=O)C2CCOC2)CC1. The van der Waals surface area contributed by atoms with E-state index >= 15 is 0 Å². The average molecular weight is 169 g/mol. The standard InChI is InChI=1S/C9H15NO2/c10-9(2-3-9)5-8(11)7-1-4-12-6-7/h7H,1-6,10H2. The minimum atomic E-state index is -0.125. The lowest BCUT2D eigenvalue weighted by Crippen LogP contribution is -2.29. The van der Waals surface area contributed by atoms with Crippen LogP contribution in [0.2, 0.25) is 0 Å². The third kappa shape index (κ3) is 1.67. The maximum atomic E-state index is 11.5. The molecule has 3 heteroatoms. The molecule has 1 saturated carbocycles. The summed E-state index contributed by atoms with van der Waals surface area (Å²) >= 11 is 0. The smallest absolute Gasteiger partial charge is 0.140 e. The highest BCUT2D eigenvalue weighted by molar-refractivity contribution is 5.82. The molecule has 1 atom stereocenters. The Balaban J connectivity index is 1.83. The Labute approximate surface area is 72.3 Å². The molecule has 0 radical (unpaired) electrons. The lowest BCUT2D eigenvalue weighted by molar-refractivity contribution is -0.123. The van der Waals surface area contributed by atoms with Gasteiger partial charge in [0.25, 0.3) is 0 Å². The zero-order chi connectivity index (χ0) is 8.60. The van der Waals surface area contributed by atoms with Crippen molar-refractivity contribution in [2.24, 2.45) is 11.7 Å². The average Bonchev–Trinajstić information content (AvgIpc) is 2.55. The lowest BCUT2D eigenvalue weighted by Gasteiger charge is -2.10. The van der Waals surface area contributed by atoms with Crippen LogP contribution >= 0.6 is 0 Å². The van der Waals surface area contributed by atoms with Gasteiger partial charge >= 0.3 is 0 Å². The van der Waals surface area contributed by atoms with Gasteiger partial charge < -0.3 is 10.5 Å². The van der Waals surface area contributed by atoms with Gasteiger partial charge in [0.05, 0.1) is 6.61 Å². The summed E-state index contributed by atoms with van der Waals surface area (Å²) in [6, 6.07) is 0. The molecule has 0 amide bonds. The summed E-state index contributed by atoms with van der Waals surface area (Å²) in [5, 5.41) is 0. The number of ketones is 1. The molecule has 2 N–H and O–H groups in total. The van der Waals surface area contributed by atoms with E-state index in [0.717, 1.165) is 25.9 Å². The first-order chi connectivity index (χ1) is 5.70. The Morgan fingerprint density at radius 1 is 1.58 bits per heavy atom. The van der Waals surface area contributed by atoms with Crippen LogP contribution in [0, 0.1) is 5.92 Å². The molecule has 0 aromatic heterocycles. The highest BCUT2D eigenvalue weighted by Crippen LogP contribution is 2.37. The molecule has 1 aliphatic carbocycles. The van der Waals surface area contributed by atoms with Crippen LogP contribution in [-0.4, -0.2) is 24.5 Å². The van der Waals surface area contributed by atoms with Crippen LogP contribution in [0.15, 0.2) is 0 Å². The number of carbonyl (C=O) groups excluding carboxylic acids is 1. The number of carbonyl (C=O) groups is 1. The second-order valence-electron chi connectivity index (χ2n) is 4.07. The lowest BCUT2D eigenvalue weighted by atomic mass is 9.97. The van der Waals surface area contributed by atoms with Crippen LogP contribution in [0.1, 0.15) is 25.7 Å². The van der Waals surface area contributed by atoms with Gasteiger partial charge in [-0.05, 0) is 19.3 Å². The molecule has 12 heavy (non-hydrogen) atoms. The van der Waals surface area contributed by atoms with Gasteiger partial charge in [-0.3, -0.25) is 4.79 Å². The molecule has 1 aliphatic heterocycles. The van der Waals surface area contributed by atoms with E-state index in [0.29, 0.717) is 18.8 Å². The van der Waals surface area contributed by atoms with Gasteiger partial charge in [0.1, 0.15) is 5.78 Å². The molecule has 2 aliphatic rings. The largest absolute Gasteiger partial charge is 0.381 e. The first-order valence-corrected chi connectivity index (χ1v) is 4.59. The first kappa shape index (κ1) is 8.20. The number of Topliss-reactive ketones (excluding diaryl/α,β-unsaturated/α-hetero) is 1. The quantitative estimate of drug-likeness (QED) is 0.668. The second-order valence-corrected chi connectivity index (χ2v) is 4.07. The fourth-order valence-electron chi connectivity index (χ4n) is 1.62. The van der Waals surface area contributed by atoms with Crippen molar-refractivity contribution in [3.8, 4) is 0 Å². The number of hydrogen-bond acceptors (Lipinski definition) is 3. The number of hydrogen-bond donors (Lipinski definition) is 1. The third-order valence-electron chi connectivity index (χ3n) is 2.80. The van der Waals surface area contributed by atoms with Crippen molar-refractivity contribution in [3.05, 3.63) is 0 Å². The van der Waals surface area contributed by atoms with Crippen molar-refractivity contribution in [2.45, 2.75) is 31.2 Å². The van der Waals surface area contributed by atoms with Crippen LogP contribution < -0.4 is 5.73 Å².